The fraction of sp³-hybridized carbons (Fsp3) is 0.529. The molecule has 1 aromatic carbocycles. The minimum absolute atomic E-state index is 0.0362. The fourth-order valence-corrected chi connectivity index (χ4v) is 3.42. The standard InChI is InChI=1S/C17H20N2O3/c18-7-6-14-8-15-11-21-12-16(9-14)19(15)17(20)22-10-13-4-2-1-3-5-13/h1-5,14-16H,6,8-12H2. The zero-order chi connectivity index (χ0) is 15.4. The minimum atomic E-state index is -0.266. The van der Waals surface area contributed by atoms with Gasteiger partial charge in [0.05, 0.1) is 31.4 Å². The summed E-state index contributed by atoms with van der Waals surface area (Å²) in [6.45, 7) is 1.37. The van der Waals surface area contributed by atoms with E-state index >= 15 is 0 Å². The Bertz CT molecular complexity index is 541. The van der Waals surface area contributed by atoms with Gasteiger partial charge in [0.25, 0.3) is 0 Å². The maximum Gasteiger partial charge on any atom is 0.410 e. The molecule has 5 nitrogen and oxygen atoms in total. The van der Waals surface area contributed by atoms with Crippen LogP contribution in [0, 0.1) is 17.2 Å². The van der Waals surface area contributed by atoms with E-state index in [4.69, 9.17) is 14.7 Å². The highest BCUT2D eigenvalue weighted by Crippen LogP contribution is 2.33. The molecular formula is C17H20N2O3. The Kier molecular flexibility index (Phi) is 4.59. The van der Waals surface area contributed by atoms with Gasteiger partial charge in [0.15, 0.2) is 0 Å². The number of benzene rings is 1. The first-order valence-electron chi connectivity index (χ1n) is 7.71. The lowest BCUT2D eigenvalue weighted by Crippen LogP contribution is -2.59. The van der Waals surface area contributed by atoms with Gasteiger partial charge in [-0.15, -0.1) is 0 Å². The summed E-state index contributed by atoms with van der Waals surface area (Å²) in [7, 11) is 0. The quantitative estimate of drug-likeness (QED) is 0.861. The summed E-state index contributed by atoms with van der Waals surface area (Å²) in [5.41, 5.74) is 0.983. The molecule has 2 bridgehead atoms. The molecule has 2 aliphatic heterocycles. The van der Waals surface area contributed by atoms with Crippen molar-refractivity contribution in [3.63, 3.8) is 0 Å². The first kappa shape index (κ1) is 14.9. The molecule has 2 saturated heterocycles. The minimum Gasteiger partial charge on any atom is -0.445 e. The molecule has 0 radical (unpaired) electrons. The van der Waals surface area contributed by atoms with Crippen molar-refractivity contribution in [2.45, 2.75) is 38.0 Å². The summed E-state index contributed by atoms with van der Waals surface area (Å²) < 4.78 is 11.0. The average molecular weight is 300 g/mol. The SMILES string of the molecule is N#CCC1CC2COCC(C1)N2C(=O)OCc1ccccc1. The largest absolute Gasteiger partial charge is 0.445 e. The summed E-state index contributed by atoms with van der Waals surface area (Å²) in [5, 5.41) is 8.88. The second-order valence-electron chi connectivity index (χ2n) is 5.99. The third kappa shape index (κ3) is 3.23. The van der Waals surface area contributed by atoms with Crippen LogP contribution in [0.1, 0.15) is 24.8 Å². The zero-order valence-corrected chi connectivity index (χ0v) is 12.5. The summed E-state index contributed by atoms with van der Waals surface area (Å²) in [5.74, 6) is 0.363. The van der Waals surface area contributed by atoms with Gasteiger partial charge in [-0.1, -0.05) is 30.3 Å². The number of nitrogens with zero attached hydrogens (tertiary/aromatic N) is 2. The molecule has 2 aliphatic rings. The highest BCUT2D eigenvalue weighted by atomic mass is 16.6. The smallest absolute Gasteiger partial charge is 0.410 e. The van der Waals surface area contributed by atoms with Crippen molar-refractivity contribution < 1.29 is 14.3 Å². The van der Waals surface area contributed by atoms with Gasteiger partial charge in [-0.25, -0.2) is 4.79 Å². The van der Waals surface area contributed by atoms with Gasteiger partial charge in [-0.05, 0) is 24.3 Å². The zero-order valence-electron chi connectivity index (χ0n) is 12.5. The summed E-state index contributed by atoms with van der Waals surface area (Å²) in [4.78, 5) is 14.3. The van der Waals surface area contributed by atoms with E-state index < -0.39 is 0 Å². The Morgan fingerprint density at radius 2 is 1.95 bits per heavy atom. The molecule has 0 spiro atoms. The number of hydrogen-bond acceptors (Lipinski definition) is 4. The van der Waals surface area contributed by atoms with Gasteiger partial charge in [-0.3, -0.25) is 4.90 Å². The van der Waals surface area contributed by atoms with Crippen LogP contribution < -0.4 is 0 Å². The van der Waals surface area contributed by atoms with Crippen molar-refractivity contribution in [2.75, 3.05) is 13.2 Å². The predicted molar refractivity (Wildman–Crippen MR) is 79.8 cm³/mol. The van der Waals surface area contributed by atoms with Crippen molar-refractivity contribution in [3.8, 4) is 6.07 Å². The number of amides is 1. The van der Waals surface area contributed by atoms with E-state index in [0.717, 1.165) is 18.4 Å². The lowest BCUT2D eigenvalue weighted by molar-refractivity contribution is -0.0789. The van der Waals surface area contributed by atoms with Crippen LogP contribution in [0.4, 0.5) is 4.79 Å². The summed E-state index contributed by atoms with van der Waals surface area (Å²) in [6, 6.07) is 12.0. The van der Waals surface area contributed by atoms with Gasteiger partial charge in [-0.2, -0.15) is 5.26 Å². The van der Waals surface area contributed by atoms with Crippen molar-refractivity contribution >= 4 is 6.09 Å². The number of nitriles is 1. The van der Waals surface area contributed by atoms with Gasteiger partial charge < -0.3 is 9.47 Å². The number of hydrogen-bond donors (Lipinski definition) is 0. The highest BCUT2D eigenvalue weighted by Gasteiger charge is 2.42. The van der Waals surface area contributed by atoms with Crippen molar-refractivity contribution in [1.29, 1.82) is 5.26 Å². The van der Waals surface area contributed by atoms with E-state index in [1.165, 1.54) is 0 Å². The van der Waals surface area contributed by atoms with Crippen LogP contribution >= 0.6 is 0 Å². The van der Waals surface area contributed by atoms with E-state index in [2.05, 4.69) is 6.07 Å². The Balaban J connectivity index is 1.61. The van der Waals surface area contributed by atoms with Crippen LogP contribution in [-0.2, 0) is 16.1 Å². The molecule has 0 aliphatic carbocycles. The number of fused-ring (bicyclic) bond motifs is 2. The van der Waals surface area contributed by atoms with Gasteiger partial charge in [0.2, 0.25) is 0 Å². The first-order chi connectivity index (χ1) is 10.8. The van der Waals surface area contributed by atoms with Crippen LogP contribution in [0.3, 0.4) is 0 Å². The molecule has 2 atom stereocenters. The molecule has 1 aromatic rings. The normalized spacial score (nSPS) is 27.0. The number of carbonyl (C=O) groups is 1. The Morgan fingerprint density at radius 3 is 2.59 bits per heavy atom. The molecular weight excluding hydrogens is 280 g/mol. The maximum absolute atomic E-state index is 12.4. The third-order valence-corrected chi connectivity index (χ3v) is 4.41. The molecule has 0 N–H and O–H groups in total. The van der Waals surface area contributed by atoms with Crippen LogP contribution in [0.2, 0.25) is 0 Å². The first-order valence-corrected chi connectivity index (χ1v) is 7.71. The second-order valence-corrected chi connectivity index (χ2v) is 5.99. The van der Waals surface area contributed by atoms with Gasteiger partial charge >= 0.3 is 6.09 Å². The molecule has 2 heterocycles. The molecule has 2 unspecified atom stereocenters. The molecule has 22 heavy (non-hydrogen) atoms. The number of rotatable bonds is 3. The number of piperidine rings is 1. The molecule has 0 aromatic heterocycles. The van der Waals surface area contributed by atoms with Crippen LogP contribution in [0.15, 0.2) is 30.3 Å². The second kappa shape index (κ2) is 6.80. The monoisotopic (exact) mass is 300 g/mol. The summed E-state index contributed by atoms with van der Waals surface area (Å²) >= 11 is 0. The van der Waals surface area contributed by atoms with E-state index in [9.17, 15) is 4.79 Å². The molecule has 0 saturated carbocycles. The van der Waals surface area contributed by atoms with E-state index in [1.807, 2.05) is 35.2 Å². The van der Waals surface area contributed by atoms with Gasteiger partial charge in [0.1, 0.15) is 6.61 Å². The molecule has 3 rings (SSSR count). The van der Waals surface area contributed by atoms with Crippen LogP contribution in [0.5, 0.6) is 0 Å². The predicted octanol–water partition coefficient (Wildman–Crippen LogP) is 2.72. The lowest BCUT2D eigenvalue weighted by atomic mass is 9.84. The van der Waals surface area contributed by atoms with E-state index in [0.29, 0.717) is 25.6 Å². The molecule has 116 valence electrons. The average Bonchev–Trinajstić information content (AvgIpc) is 2.53. The maximum atomic E-state index is 12.4. The van der Waals surface area contributed by atoms with Crippen molar-refractivity contribution in [2.24, 2.45) is 5.92 Å². The molecule has 1 amide bonds. The Hall–Kier alpha value is -2.06. The topological polar surface area (TPSA) is 62.6 Å². The van der Waals surface area contributed by atoms with Crippen LogP contribution in [-0.4, -0.2) is 36.3 Å². The lowest BCUT2D eigenvalue weighted by Gasteiger charge is -2.47. The Morgan fingerprint density at radius 1 is 1.27 bits per heavy atom. The van der Waals surface area contributed by atoms with E-state index in [-0.39, 0.29) is 24.8 Å². The fourth-order valence-electron chi connectivity index (χ4n) is 3.42. The molecule has 2 fully saturated rings. The van der Waals surface area contributed by atoms with Crippen molar-refractivity contribution in [3.05, 3.63) is 35.9 Å². The third-order valence-electron chi connectivity index (χ3n) is 4.41. The number of carbonyl (C=O) groups excluding carboxylic acids is 1. The number of ether oxygens (including phenoxy) is 2. The van der Waals surface area contributed by atoms with E-state index in [1.54, 1.807) is 0 Å². The van der Waals surface area contributed by atoms with Crippen LogP contribution in [0.25, 0.3) is 0 Å². The Labute approximate surface area is 130 Å². The molecule has 5 heteroatoms. The summed E-state index contributed by atoms with van der Waals surface area (Å²) in [6.07, 6.45) is 1.94. The highest BCUT2D eigenvalue weighted by molar-refractivity contribution is 5.69. The number of morpholine rings is 1. The van der Waals surface area contributed by atoms with Crippen molar-refractivity contribution in [1.82, 2.24) is 4.90 Å². The van der Waals surface area contributed by atoms with Gasteiger partial charge in [0, 0.05) is 6.42 Å².